The lowest BCUT2D eigenvalue weighted by molar-refractivity contribution is 0.133. The maximum atomic E-state index is 5.28. The average Bonchev–Trinajstić information content (AvgIpc) is 2.33. The van der Waals surface area contributed by atoms with E-state index in [0.29, 0.717) is 6.04 Å². The second-order valence-electron chi connectivity index (χ2n) is 2.67. The van der Waals surface area contributed by atoms with Crippen LogP contribution in [0.5, 0.6) is 0 Å². The summed E-state index contributed by atoms with van der Waals surface area (Å²) >= 11 is 0. The van der Waals surface area contributed by atoms with Crippen molar-refractivity contribution in [3.8, 4) is 0 Å². The Morgan fingerprint density at radius 1 is 1.56 bits per heavy atom. The Labute approximate surface area is 55.0 Å². The summed E-state index contributed by atoms with van der Waals surface area (Å²) in [5.74, 6) is 0. The minimum atomic E-state index is 0.666. The molecule has 2 aliphatic rings. The van der Waals surface area contributed by atoms with Crippen LogP contribution in [-0.2, 0) is 4.74 Å². The highest BCUT2D eigenvalue weighted by molar-refractivity contribution is 4.80. The van der Waals surface area contributed by atoms with Gasteiger partial charge in [-0.2, -0.15) is 0 Å². The SMILES string of the molecule is C1CN2COC[C@H]2CN1. The Bertz CT molecular complexity index is 95.2. The zero-order valence-electron chi connectivity index (χ0n) is 5.47. The Morgan fingerprint density at radius 2 is 2.56 bits per heavy atom. The van der Waals surface area contributed by atoms with Gasteiger partial charge in [-0.15, -0.1) is 0 Å². The lowest BCUT2D eigenvalue weighted by atomic mass is 10.2. The molecule has 2 rings (SSSR count). The molecule has 1 atom stereocenters. The molecule has 52 valence electrons. The molecule has 0 saturated carbocycles. The van der Waals surface area contributed by atoms with Gasteiger partial charge in [-0.25, -0.2) is 0 Å². The summed E-state index contributed by atoms with van der Waals surface area (Å²) in [6, 6.07) is 0.666. The highest BCUT2D eigenvalue weighted by Gasteiger charge is 2.26. The van der Waals surface area contributed by atoms with E-state index in [9.17, 15) is 0 Å². The molecule has 3 nitrogen and oxygen atoms in total. The van der Waals surface area contributed by atoms with E-state index in [0.717, 1.165) is 33.0 Å². The molecule has 0 amide bonds. The van der Waals surface area contributed by atoms with Crippen molar-refractivity contribution in [3.05, 3.63) is 0 Å². The molecule has 2 fully saturated rings. The van der Waals surface area contributed by atoms with Crippen LogP contribution < -0.4 is 5.32 Å². The number of fused-ring (bicyclic) bond motifs is 1. The van der Waals surface area contributed by atoms with Gasteiger partial charge in [0.1, 0.15) is 0 Å². The van der Waals surface area contributed by atoms with Crippen LogP contribution in [-0.4, -0.2) is 43.9 Å². The molecule has 0 aromatic carbocycles. The lowest BCUT2D eigenvalue weighted by Crippen LogP contribution is -2.48. The van der Waals surface area contributed by atoms with Crippen molar-refractivity contribution in [1.82, 2.24) is 10.2 Å². The van der Waals surface area contributed by atoms with Crippen LogP contribution in [0.1, 0.15) is 0 Å². The molecular weight excluding hydrogens is 116 g/mol. The Balaban J connectivity index is 1.97. The van der Waals surface area contributed by atoms with Crippen LogP contribution in [0.15, 0.2) is 0 Å². The summed E-state index contributed by atoms with van der Waals surface area (Å²) in [4.78, 5) is 2.39. The predicted octanol–water partition coefficient (Wildman–Crippen LogP) is -0.752. The third kappa shape index (κ3) is 0.956. The fourth-order valence-corrected chi connectivity index (χ4v) is 1.44. The summed E-state index contributed by atoms with van der Waals surface area (Å²) in [5, 5.41) is 3.33. The van der Waals surface area contributed by atoms with Gasteiger partial charge < -0.3 is 10.1 Å². The molecule has 0 aromatic heterocycles. The van der Waals surface area contributed by atoms with Crippen LogP contribution in [0, 0.1) is 0 Å². The smallest absolute Gasteiger partial charge is 0.0995 e. The molecule has 0 aliphatic carbocycles. The van der Waals surface area contributed by atoms with Crippen LogP contribution in [0.3, 0.4) is 0 Å². The van der Waals surface area contributed by atoms with E-state index in [1.165, 1.54) is 0 Å². The van der Waals surface area contributed by atoms with Gasteiger partial charge in [-0.3, -0.25) is 4.90 Å². The molecule has 0 radical (unpaired) electrons. The highest BCUT2D eigenvalue weighted by Crippen LogP contribution is 2.09. The number of hydrogen-bond acceptors (Lipinski definition) is 3. The first-order valence-corrected chi connectivity index (χ1v) is 3.49. The molecule has 0 aromatic rings. The molecule has 1 N–H and O–H groups in total. The standard InChI is InChI=1S/C6H12N2O/c1-2-8-5-9-4-6(8)3-7-1/h6-7H,1-5H2/t6-/m1/s1. The van der Waals surface area contributed by atoms with Crippen LogP contribution in [0.2, 0.25) is 0 Å². The molecule has 0 unspecified atom stereocenters. The van der Waals surface area contributed by atoms with Gasteiger partial charge >= 0.3 is 0 Å². The first-order valence-electron chi connectivity index (χ1n) is 3.49. The van der Waals surface area contributed by atoms with Gasteiger partial charge in [0.2, 0.25) is 0 Å². The first-order chi connectivity index (χ1) is 4.47. The topological polar surface area (TPSA) is 24.5 Å². The Hall–Kier alpha value is -0.120. The van der Waals surface area contributed by atoms with Crippen molar-refractivity contribution < 1.29 is 4.74 Å². The quantitative estimate of drug-likeness (QED) is 0.464. The molecule has 2 heterocycles. The number of ether oxygens (including phenoxy) is 1. The van der Waals surface area contributed by atoms with Crippen molar-refractivity contribution in [1.29, 1.82) is 0 Å². The van der Waals surface area contributed by atoms with Gasteiger partial charge in [0.15, 0.2) is 0 Å². The summed E-state index contributed by atoms with van der Waals surface area (Å²) < 4.78 is 5.28. The van der Waals surface area contributed by atoms with Gasteiger partial charge in [-0.1, -0.05) is 0 Å². The van der Waals surface area contributed by atoms with Crippen LogP contribution >= 0.6 is 0 Å². The fraction of sp³-hybridized carbons (Fsp3) is 1.00. The number of hydrogen-bond donors (Lipinski definition) is 1. The van der Waals surface area contributed by atoms with Crippen LogP contribution in [0.4, 0.5) is 0 Å². The van der Waals surface area contributed by atoms with E-state index in [1.807, 2.05) is 0 Å². The number of rotatable bonds is 0. The van der Waals surface area contributed by atoms with Crippen molar-refractivity contribution in [3.63, 3.8) is 0 Å². The first kappa shape index (κ1) is 5.65. The van der Waals surface area contributed by atoms with Crippen molar-refractivity contribution >= 4 is 0 Å². The van der Waals surface area contributed by atoms with E-state index >= 15 is 0 Å². The van der Waals surface area contributed by atoms with Gasteiger partial charge in [-0.05, 0) is 0 Å². The van der Waals surface area contributed by atoms with Crippen LogP contribution in [0.25, 0.3) is 0 Å². The van der Waals surface area contributed by atoms with E-state index in [-0.39, 0.29) is 0 Å². The maximum absolute atomic E-state index is 5.28. The molecule has 3 heteroatoms. The number of piperazine rings is 1. The number of nitrogens with one attached hydrogen (secondary N) is 1. The van der Waals surface area contributed by atoms with E-state index in [1.54, 1.807) is 0 Å². The normalized spacial score (nSPS) is 36.7. The third-order valence-corrected chi connectivity index (χ3v) is 2.04. The zero-order chi connectivity index (χ0) is 6.10. The lowest BCUT2D eigenvalue weighted by Gasteiger charge is -2.27. The molecule has 2 aliphatic heterocycles. The summed E-state index contributed by atoms with van der Waals surface area (Å²) in [6.07, 6.45) is 0. The van der Waals surface area contributed by atoms with Crippen molar-refractivity contribution in [2.24, 2.45) is 0 Å². The summed E-state index contributed by atoms with van der Waals surface area (Å²) in [5.41, 5.74) is 0. The van der Waals surface area contributed by atoms with Gasteiger partial charge in [0.05, 0.1) is 13.3 Å². The molecule has 0 bridgehead atoms. The molecule has 2 saturated heterocycles. The summed E-state index contributed by atoms with van der Waals surface area (Å²) in [6.45, 7) is 5.17. The predicted molar refractivity (Wildman–Crippen MR) is 34.2 cm³/mol. The minimum absolute atomic E-state index is 0.666. The van der Waals surface area contributed by atoms with E-state index in [4.69, 9.17) is 4.74 Å². The third-order valence-electron chi connectivity index (χ3n) is 2.04. The minimum Gasteiger partial charge on any atom is -0.364 e. The second kappa shape index (κ2) is 2.25. The maximum Gasteiger partial charge on any atom is 0.0995 e. The zero-order valence-corrected chi connectivity index (χ0v) is 5.47. The molecular formula is C6H12N2O. The molecule has 9 heavy (non-hydrogen) atoms. The largest absolute Gasteiger partial charge is 0.364 e. The number of nitrogens with zero attached hydrogens (tertiary/aromatic N) is 1. The molecule has 0 spiro atoms. The Morgan fingerprint density at radius 3 is 3.44 bits per heavy atom. The van der Waals surface area contributed by atoms with Gasteiger partial charge in [0.25, 0.3) is 0 Å². The fourth-order valence-electron chi connectivity index (χ4n) is 1.44. The summed E-state index contributed by atoms with van der Waals surface area (Å²) in [7, 11) is 0. The van der Waals surface area contributed by atoms with Gasteiger partial charge in [0, 0.05) is 25.7 Å². The highest BCUT2D eigenvalue weighted by atomic mass is 16.5. The van der Waals surface area contributed by atoms with E-state index < -0.39 is 0 Å². The Kier molecular flexibility index (Phi) is 1.41. The van der Waals surface area contributed by atoms with Crippen molar-refractivity contribution in [2.45, 2.75) is 6.04 Å². The average molecular weight is 128 g/mol. The van der Waals surface area contributed by atoms with E-state index in [2.05, 4.69) is 10.2 Å². The monoisotopic (exact) mass is 128 g/mol. The second-order valence-corrected chi connectivity index (χ2v) is 2.67. The van der Waals surface area contributed by atoms with Crippen molar-refractivity contribution in [2.75, 3.05) is 33.0 Å².